The van der Waals surface area contributed by atoms with E-state index in [4.69, 9.17) is 0 Å². The number of hydrogen-bond acceptors (Lipinski definition) is 2. The summed E-state index contributed by atoms with van der Waals surface area (Å²) in [6.45, 7) is 5.01. The zero-order valence-electron chi connectivity index (χ0n) is 31.1. The molecule has 2 bridgehead atoms. The molecule has 1 aromatic rings. The van der Waals surface area contributed by atoms with E-state index in [1.807, 2.05) is 0 Å². The van der Waals surface area contributed by atoms with Crippen molar-refractivity contribution in [2.45, 2.75) is 213 Å². The Morgan fingerprint density at radius 1 is 0.511 bits per heavy atom. The quantitative estimate of drug-likeness (QED) is 0.0641. The van der Waals surface area contributed by atoms with Crippen molar-refractivity contribution in [3.05, 3.63) is 46.5 Å². The zero-order chi connectivity index (χ0) is 33.4. The molecule has 0 spiro atoms. The fraction of sp³-hybridized carbons (Fsp3) is 0.773. The summed E-state index contributed by atoms with van der Waals surface area (Å²) >= 11 is 0. The highest BCUT2D eigenvalue weighted by Crippen LogP contribution is 2.38. The first-order valence-corrected chi connectivity index (χ1v) is 20.8. The zero-order valence-corrected chi connectivity index (χ0v) is 31.1. The molecule has 3 nitrogen and oxygen atoms in total. The average molecular weight is 648 g/mol. The van der Waals surface area contributed by atoms with Crippen molar-refractivity contribution in [3.8, 4) is 0 Å². The summed E-state index contributed by atoms with van der Waals surface area (Å²) in [4.78, 5) is 29.0. The van der Waals surface area contributed by atoms with Gasteiger partial charge in [-0.05, 0) is 42.7 Å². The molecule has 3 rings (SSSR count). The van der Waals surface area contributed by atoms with Crippen LogP contribution in [-0.4, -0.2) is 16.7 Å². The molecule has 266 valence electrons. The predicted molar refractivity (Wildman–Crippen MR) is 201 cm³/mol. The van der Waals surface area contributed by atoms with Crippen LogP contribution in [0, 0.1) is 5.92 Å². The number of fused-ring (bicyclic) bond motifs is 3. The smallest absolute Gasteiger partial charge is 0.257 e. The van der Waals surface area contributed by atoms with Gasteiger partial charge in [-0.15, -0.1) is 0 Å². The summed E-state index contributed by atoms with van der Waals surface area (Å²) in [6, 6.07) is 8.51. The minimum atomic E-state index is 0.00626. The predicted octanol–water partition coefficient (Wildman–Crippen LogP) is 13.4. The van der Waals surface area contributed by atoms with E-state index in [9.17, 15) is 9.59 Å². The van der Waals surface area contributed by atoms with Crippen LogP contribution in [0.25, 0.3) is 0 Å². The number of rotatable bonds is 29. The molecule has 0 radical (unpaired) electrons. The molecule has 2 aliphatic rings. The van der Waals surface area contributed by atoms with Gasteiger partial charge in [-0.2, -0.15) is 0 Å². The summed E-state index contributed by atoms with van der Waals surface area (Å²) in [7, 11) is 0. The first kappa shape index (κ1) is 39.5. The number of unbranched alkanes of at least 4 members (excludes halogenated alkanes) is 25. The molecule has 0 saturated heterocycles. The third-order valence-electron chi connectivity index (χ3n) is 11.1. The molecule has 0 fully saturated rings. The maximum atomic E-state index is 13.7. The van der Waals surface area contributed by atoms with Gasteiger partial charge in [0.1, 0.15) is 0 Å². The molecule has 0 aromatic heterocycles. The van der Waals surface area contributed by atoms with Crippen molar-refractivity contribution in [2.24, 2.45) is 5.92 Å². The van der Waals surface area contributed by atoms with E-state index in [2.05, 4.69) is 38.1 Å². The normalized spacial score (nSPS) is 16.2. The van der Waals surface area contributed by atoms with Gasteiger partial charge < -0.3 is 0 Å². The molecule has 0 aliphatic carbocycles. The van der Waals surface area contributed by atoms with Crippen LogP contribution < -0.4 is 0 Å². The van der Waals surface area contributed by atoms with Crippen molar-refractivity contribution in [3.63, 3.8) is 0 Å². The number of carbonyl (C=O) groups excluding carboxylic acids is 2. The lowest BCUT2D eigenvalue weighted by Gasteiger charge is -2.25. The number of hydrogen-bond donors (Lipinski definition) is 0. The summed E-state index contributed by atoms with van der Waals surface area (Å²) in [5.41, 5.74) is 4.23. The van der Waals surface area contributed by atoms with Gasteiger partial charge in [-0.3, -0.25) is 14.5 Å². The highest BCUT2D eigenvalue weighted by molar-refractivity contribution is 6.19. The Hall–Kier alpha value is -1.90. The summed E-state index contributed by atoms with van der Waals surface area (Å²) in [6.07, 6.45) is 38.9. The first-order chi connectivity index (χ1) is 23.2. The van der Waals surface area contributed by atoms with Crippen molar-refractivity contribution >= 4 is 11.8 Å². The Labute approximate surface area is 291 Å². The fourth-order valence-corrected chi connectivity index (χ4v) is 8.05. The van der Waals surface area contributed by atoms with Crippen LogP contribution in [0.4, 0.5) is 0 Å². The Morgan fingerprint density at radius 2 is 0.915 bits per heavy atom. The number of carbonyl (C=O) groups is 2. The van der Waals surface area contributed by atoms with Crippen LogP contribution in [0.1, 0.15) is 211 Å². The third kappa shape index (κ3) is 15.0. The van der Waals surface area contributed by atoms with Crippen LogP contribution in [-0.2, 0) is 22.6 Å². The van der Waals surface area contributed by atoms with Gasteiger partial charge in [0.25, 0.3) is 11.8 Å². The van der Waals surface area contributed by atoms with Crippen LogP contribution in [0.5, 0.6) is 0 Å². The van der Waals surface area contributed by atoms with Crippen molar-refractivity contribution in [2.75, 3.05) is 0 Å². The van der Waals surface area contributed by atoms with E-state index in [0.29, 0.717) is 6.54 Å². The van der Waals surface area contributed by atoms with Gasteiger partial charge in [0.15, 0.2) is 0 Å². The van der Waals surface area contributed by atoms with E-state index in [0.717, 1.165) is 48.8 Å². The second-order valence-electron chi connectivity index (χ2n) is 15.1. The summed E-state index contributed by atoms with van der Waals surface area (Å²) in [5.74, 6) is 0.198. The number of benzene rings is 1. The molecule has 1 aromatic carbocycles. The van der Waals surface area contributed by atoms with Gasteiger partial charge in [0.2, 0.25) is 0 Å². The van der Waals surface area contributed by atoms with Gasteiger partial charge >= 0.3 is 0 Å². The average Bonchev–Trinajstić information content (AvgIpc) is 3.32. The molecule has 47 heavy (non-hydrogen) atoms. The lowest BCUT2D eigenvalue weighted by Crippen LogP contribution is -2.34. The van der Waals surface area contributed by atoms with Crippen molar-refractivity contribution in [1.29, 1.82) is 0 Å². The largest absolute Gasteiger partial charge is 0.270 e. The molecule has 0 saturated carbocycles. The monoisotopic (exact) mass is 648 g/mol. The Kier molecular flexibility index (Phi) is 21.1. The van der Waals surface area contributed by atoms with E-state index >= 15 is 0 Å². The van der Waals surface area contributed by atoms with Crippen LogP contribution >= 0.6 is 0 Å². The van der Waals surface area contributed by atoms with E-state index in [1.165, 1.54) is 166 Å². The van der Waals surface area contributed by atoms with Crippen molar-refractivity contribution in [1.82, 2.24) is 4.90 Å². The number of imide groups is 1. The van der Waals surface area contributed by atoms with Crippen LogP contribution in [0.15, 0.2) is 35.4 Å². The van der Waals surface area contributed by atoms with Crippen LogP contribution in [0.3, 0.4) is 0 Å². The highest BCUT2D eigenvalue weighted by Gasteiger charge is 2.42. The lowest BCUT2D eigenvalue weighted by atomic mass is 9.82. The second-order valence-corrected chi connectivity index (χ2v) is 15.1. The molecule has 3 heteroatoms. The van der Waals surface area contributed by atoms with E-state index in [-0.39, 0.29) is 17.7 Å². The van der Waals surface area contributed by atoms with Crippen LogP contribution in [0.2, 0.25) is 0 Å². The molecule has 2 aliphatic heterocycles. The lowest BCUT2D eigenvalue weighted by molar-refractivity contribution is -0.138. The molecular formula is C44H73NO2. The Balaban J connectivity index is 1.39. The second kappa shape index (κ2) is 25.1. The molecule has 1 atom stereocenters. The minimum Gasteiger partial charge on any atom is -0.270 e. The maximum absolute atomic E-state index is 13.7. The summed E-state index contributed by atoms with van der Waals surface area (Å²) < 4.78 is 0. The van der Waals surface area contributed by atoms with Crippen molar-refractivity contribution < 1.29 is 9.59 Å². The molecule has 2 amide bonds. The molecule has 1 unspecified atom stereocenters. The SMILES string of the molecule is CCCCCCCCCCCCCCCCC1=C2C(=O)N(Cc3ccccc3CC2CCCCCCCCCCCCCCC)C1=O. The van der Waals surface area contributed by atoms with Gasteiger partial charge in [0.05, 0.1) is 6.54 Å². The first-order valence-electron chi connectivity index (χ1n) is 20.8. The minimum absolute atomic E-state index is 0.00626. The summed E-state index contributed by atoms with van der Waals surface area (Å²) in [5, 5.41) is 0. The van der Waals surface area contributed by atoms with E-state index < -0.39 is 0 Å². The van der Waals surface area contributed by atoms with E-state index in [1.54, 1.807) is 4.90 Å². The molecular weight excluding hydrogens is 574 g/mol. The van der Waals surface area contributed by atoms with Gasteiger partial charge in [-0.1, -0.05) is 205 Å². The number of amides is 2. The fourth-order valence-electron chi connectivity index (χ4n) is 8.05. The Bertz CT molecular complexity index is 1030. The third-order valence-corrected chi connectivity index (χ3v) is 11.1. The van der Waals surface area contributed by atoms with Gasteiger partial charge in [0, 0.05) is 11.1 Å². The Morgan fingerprint density at radius 3 is 1.38 bits per heavy atom. The maximum Gasteiger partial charge on any atom is 0.257 e. The molecule has 0 N–H and O–H groups in total. The highest BCUT2D eigenvalue weighted by atomic mass is 16.2. The van der Waals surface area contributed by atoms with Gasteiger partial charge in [-0.25, -0.2) is 0 Å². The topological polar surface area (TPSA) is 37.4 Å². The number of nitrogens with zero attached hydrogens (tertiary/aromatic N) is 1. The molecule has 2 heterocycles. The standard InChI is InChI=1S/C44H73NO2/c1-3-5-7-9-11-13-15-17-19-21-23-25-27-29-35-41-42-39(33-28-26-24-22-20-18-16-14-12-10-8-6-4-2)36-38-32-30-31-34-40(38)37-45(43(41)46)44(42)47/h30-32,34,39H,3-29,33,35-37H2,1-2H3.